The van der Waals surface area contributed by atoms with E-state index >= 15 is 0 Å². The first-order valence-corrected chi connectivity index (χ1v) is 7.68. The third-order valence-electron chi connectivity index (χ3n) is 2.91. The van der Waals surface area contributed by atoms with Crippen molar-refractivity contribution in [3.63, 3.8) is 0 Å². The van der Waals surface area contributed by atoms with Gasteiger partial charge < -0.3 is 4.74 Å². The second-order valence-corrected chi connectivity index (χ2v) is 6.26. The molecule has 1 N–H and O–H groups in total. The fraction of sp³-hybridized carbons (Fsp3) is 0.357. The predicted molar refractivity (Wildman–Crippen MR) is 86.1 cm³/mol. The number of rotatable bonds is 6. The lowest BCUT2D eigenvalue weighted by molar-refractivity contribution is -0.384. The number of anilines is 1. The summed E-state index contributed by atoms with van der Waals surface area (Å²) in [6, 6.07) is 3.84. The summed E-state index contributed by atoms with van der Waals surface area (Å²) in [6.07, 6.45) is 0.771. The third kappa shape index (κ3) is 4.22. The summed E-state index contributed by atoms with van der Waals surface area (Å²) in [5, 5.41) is 22.5. The lowest BCUT2D eigenvalue weighted by Crippen LogP contribution is -2.13. The summed E-state index contributed by atoms with van der Waals surface area (Å²) < 4.78 is 5.08. The maximum atomic E-state index is 12.3. The van der Waals surface area contributed by atoms with Gasteiger partial charge in [0, 0.05) is 18.6 Å². The van der Waals surface area contributed by atoms with Gasteiger partial charge >= 0.3 is 0 Å². The number of non-ortho nitro benzene ring substituents is 1. The van der Waals surface area contributed by atoms with Gasteiger partial charge in [0.25, 0.3) is 11.6 Å². The quantitative estimate of drug-likeness (QED) is 0.642. The second kappa shape index (κ2) is 7.14. The highest BCUT2D eigenvalue weighted by atomic mass is 32.1. The standard InChI is InChI=1S/C14H16N4O4S/c1-8(2)6-12-16-17-14(23-12)15-13(19)10-7-9(18(20)21)4-5-11(10)22-3/h4-5,7-8H,6H2,1-3H3,(H,15,17,19). The number of methoxy groups -OCH3 is 1. The summed E-state index contributed by atoms with van der Waals surface area (Å²) in [6.45, 7) is 4.13. The largest absolute Gasteiger partial charge is 0.496 e. The Balaban J connectivity index is 2.21. The van der Waals surface area contributed by atoms with Crippen molar-refractivity contribution in [2.24, 2.45) is 5.92 Å². The van der Waals surface area contributed by atoms with Gasteiger partial charge in [0.2, 0.25) is 5.13 Å². The summed E-state index contributed by atoms with van der Waals surface area (Å²) in [5.41, 5.74) is -0.115. The Morgan fingerprint density at radius 3 is 2.78 bits per heavy atom. The lowest BCUT2D eigenvalue weighted by Gasteiger charge is -2.07. The van der Waals surface area contributed by atoms with Crippen LogP contribution in [-0.2, 0) is 6.42 Å². The SMILES string of the molecule is COc1ccc([N+](=O)[O-])cc1C(=O)Nc1nnc(CC(C)C)s1. The molecule has 1 aromatic carbocycles. The van der Waals surface area contributed by atoms with Crippen LogP contribution in [0, 0.1) is 16.0 Å². The number of carbonyl (C=O) groups excluding carboxylic acids is 1. The molecule has 0 aliphatic heterocycles. The van der Waals surface area contributed by atoms with Crippen LogP contribution in [0.25, 0.3) is 0 Å². The molecule has 23 heavy (non-hydrogen) atoms. The first kappa shape index (κ1) is 16.8. The molecule has 1 heterocycles. The third-order valence-corrected chi connectivity index (χ3v) is 3.77. The Morgan fingerprint density at radius 1 is 1.43 bits per heavy atom. The van der Waals surface area contributed by atoms with Crippen LogP contribution < -0.4 is 10.1 Å². The Kier molecular flexibility index (Phi) is 5.22. The topological polar surface area (TPSA) is 107 Å². The van der Waals surface area contributed by atoms with E-state index < -0.39 is 10.8 Å². The zero-order valence-corrected chi connectivity index (χ0v) is 13.7. The van der Waals surface area contributed by atoms with Gasteiger partial charge in [0.1, 0.15) is 10.8 Å². The lowest BCUT2D eigenvalue weighted by atomic mass is 10.1. The number of nitro benzene ring substituents is 1. The number of carbonyl (C=O) groups is 1. The van der Waals surface area contributed by atoms with Gasteiger partial charge in [-0.3, -0.25) is 20.2 Å². The number of nitrogens with zero attached hydrogens (tertiary/aromatic N) is 3. The van der Waals surface area contributed by atoms with E-state index in [0.29, 0.717) is 11.0 Å². The number of nitro groups is 1. The minimum absolute atomic E-state index is 0.0716. The molecular formula is C14H16N4O4S. The van der Waals surface area contributed by atoms with E-state index in [2.05, 4.69) is 29.4 Å². The molecule has 2 rings (SSSR count). The van der Waals surface area contributed by atoms with Crippen LogP contribution in [0.2, 0.25) is 0 Å². The minimum atomic E-state index is -0.568. The van der Waals surface area contributed by atoms with E-state index in [9.17, 15) is 14.9 Å². The fourth-order valence-corrected chi connectivity index (χ4v) is 2.83. The second-order valence-electron chi connectivity index (χ2n) is 5.19. The van der Waals surface area contributed by atoms with Crippen molar-refractivity contribution in [1.29, 1.82) is 0 Å². The Labute approximate surface area is 136 Å². The van der Waals surface area contributed by atoms with Crippen molar-refractivity contribution in [2.75, 3.05) is 12.4 Å². The Hall–Kier alpha value is -2.55. The summed E-state index contributed by atoms with van der Waals surface area (Å²) in [7, 11) is 1.39. The number of hydrogen-bond donors (Lipinski definition) is 1. The molecule has 0 aliphatic carbocycles. The van der Waals surface area contributed by atoms with Crippen molar-refractivity contribution < 1.29 is 14.5 Å². The molecule has 0 bridgehead atoms. The highest BCUT2D eigenvalue weighted by Gasteiger charge is 2.19. The maximum Gasteiger partial charge on any atom is 0.270 e. The summed E-state index contributed by atoms with van der Waals surface area (Å²) in [5.74, 6) is 0.154. The van der Waals surface area contributed by atoms with Crippen LogP contribution in [0.4, 0.5) is 10.8 Å². The zero-order valence-electron chi connectivity index (χ0n) is 12.9. The van der Waals surface area contributed by atoms with Crippen LogP contribution in [0.15, 0.2) is 18.2 Å². The van der Waals surface area contributed by atoms with Crippen LogP contribution >= 0.6 is 11.3 Å². The first-order valence-electron chi connectivity index (χ1n) is 6.87. The van der Waals surface area contributed by atoms with Crippen molar-refractivity contribution in [3.05, 3.63) is 38.9 Å². The van der Waals surface area contributed by atoms with Gasteiger partial charge in [-0.25, -0.2) is 0 Å². The van der Waals surface area contributed by atoms with Crippen molar-refractivity contribution in [2.45, 2.75) is 20.3 Å². The average Bonchev–Trinajstić information content (AvgIpc) is 2.92. The molecule has 0 atom stereocenters. The van der Waals surface area contributed by atoms with Crippen molar-refractivity contribution >= 4 is 28.1 Å². The Bertz CT molecular complexity index is 729. The van der Waals surface area contributed by atoms with E-state index in [-0.39, 0.29) is 17.0 Å². The van der Waals surface area contributed by atoms with E-state index in [1.54, 1.807) is 0 Å². The Morgan fingerprint density at radius 2 is 2.17 bits per heavy atom. The molecule has 0 radical (unpaired) electrons. The van der Waals surface area contributed by atoms with Crippen LogP contribution in [0.3, 0.4) is 0 Å². The van der Waals surface area contributed by atoms with Crippen molar-refractivity contribution in [3.8, 4) is 5.75 Å². The van der Waals surface area contributed by atoms with Gasteiger partial charge in [0.15, 0.2) is 0 Å². The van der Waals surface area contributed by atoms with Crippen LogP contribution in [0.1, 0.15) is 29.2 Å². The molecule has 9 heteroatoms. The van der Waals surface area contributed by atoms with Gasteiger partial charge in [-0.05, 0) is 12.0 Å². The molecule has 0 spiro atoms. The smallest absolute Gasteiger partial charge is 0.270 e. The number of hydrogen-bond acceptors (Lipinski definition) is 7. The molecule has 2 aromatic rings. The fourth-order valence-electron chi connectivity index (χ4n) is 1.89. The number of nitrogens with one attached hydrogen (secondary N) is 1. The average molecular weight is 336 g/mol. The molecule has 0 saturated heterocycles. The predicted octanol–water partition coefficient (Wildman–Crippen LogP) is 2.91. The highest BCUT2D eigenvalue weighted by Crippen LogP contribution is 2.26. The molecule has 122 valence electrons. The van der Waals surface area contributed by atoms with E-state index in [1.165, 1.54) is 36.6 Å². The molecule has 0 unspecified atom stereocenters. The summed E-state index contributed by atoms with van der Waals surface area (Å²) >= 11 is 1.28. The first-order chi connectivity index (χ1) is 10.9. The van der Waals surface area contributed by atoms with E-state index in [1.807, 2.05) is 0 Å². The number of aromatic nitrogens is 2. The minimum Gasteiger partial charge on any atom is -0.496 e. The van der Waals surface area contributed by atoms with Crippen LogP contribution in [0.5, 0.6) is 5.75 Å². The monoisotopic (exact) mass is 336 g/mol. The zero-order chi connectivity index (χ0) is 17.0. The number of ether oxygens (including phenoxy) is 1. The van der Waals surface area contributed by atoms with E-state index in [0.717, 1.165) is 11.4 Å². The molecular weight excluding hydrogens is 320 g/mol. The van der Waals surface area contributed by atoms with Gasteiger partial charge in [-0.1, -0.05) is 25.2 Å². The van der Waals surface area contributed by atoms with Gasteiger partial charge in [0.05, 0.1) is 17.6 Å². The normalized spacial score (nSPS) is 10.6. The van der Waals surface area contributed by atoms with Crippen molar-refractivity contribution in [1.82, 2.24) is 10.2 Å². The number of amides is 1. The molecule has 0 saturated carbocycles. The molecule has 1 aromatic heterocycles. The molecule has 0 aliphatic rings. The maximum absolute atomic E-state index is 12.3. The molecule has 0 fully saturated rings. The van der Waals surface area contributed by atoms with Gasteiger partial charge in [-0.2, -0.15) is 0 Å². The van der Waals surface area contributed by atoms with E-state index in [4.69, 9.17) is 4.74 Å². The van der Waals surface area contributed by atoms with Crippen LogP contribution in [-0.4, -0.2) is 28.1 Å². The molecule has 8 nitrogen and oxygen atoms in total. The summed E-state index contributed by atoms with van der Waals surface area (Å²) in [4.78, 5) is 22.6. The highest BCUT2D eigenvalue weighted by molar-refractivity contribution is 7.15. The number of benzene rings is 1. The molecule has 1 amide bonds. The van der Waals surface area contributed by atoms with Gasteiger partial charge in [-0.15, -0.1) is 10.2 Å².